The van der Waals surface area contributed by atoms with E-state index >= 15 is 0 Å². The van der Waals surface area contributed by atoms with Crippen molar-refractivity contribution < 1.29 is 19.1 Å². The summed E-state index contributed by atoms with van der Waals surface area (Å²) < 4.78 is 11.0. The molecule has 4 aromatic rings. The largest absolute Gasteiger partial charge is 0.497 e. The van der Waals surface area contributed by atoms with Crippen molar-refractivity contribution in [3.63, 3.8) is 0 Å². The molecule has 0 saturated carbocycles. The van der Waals surface area contributed by atoms with Crippen molar-refractivity contribution in [1.82, 2.24) is 15.2 Å². The molecule has 8 heteroatoms. The first-order valence-corrected chi connectivity index (χ1v) is 12.4. The molecule has 194 valence electrons. The molecule has 4 rings (SSSR count). The Morgan fingerprint density at radius 1 is 0.921 bits per heavy atom. The molecular weight excluding hydrogens is 502 g/mol. The van der Waals surface area contributed by atoms with Crippen molar-refractivity contribution >= 4 is 23.4 Å². The van der Waals surface area contributed by atoms with Gasteiger partial charge < -0.3 is 19.7 Å². The lowest BCUT2D eigenvalue weighted by Crippen LogP contribution is -2.45. The van der Waals surface area contributed by atoms with Gasteiger partial charge in [0.15, 0.2) is 6.61 Å². The Kier molecular flexibility index (Phi) is 9.32. The molecule has 0 aliphatic rings. The number of carbonyl (C=O) groups is 2. The molecule has 0 spiro atoms. The number of benzene rings is 3. The molecule has 0 aliphatic carbocycles. The third-order valence-electron chi connectivity index (χ3n) is 5.87. The van der Waals surface area contributed by atoms with Crippen LogP contribution in [0.2, 0.25) is 5.02 Å². The van der Waals surface area contributed by atoms with Gasteiger partial charge in [-0.05, 0) is 47.5 Å². The number of hydrogen-bond donors (Lipinski definition) is 1. The fourth-order valence-electron chi connectivity index (χ4n) is 3.92. The van der Waals surface area contributed by atoms with Crippen molar-refractivity contribution in [2.45, 2.75) is 19.1 Å². The van der Waals surface area contributed by atoms with E-state index in [1.165, 1.54) is 4.90 Å². The number of amides is 2. The molecule has 1 heterocycles. The summed E-state index contributed by atoms with van der Waals surface area (Å²) >= 11 is 6.22. The maximum Gasteiger partial charge on any atom is 0.261 e. The van der Waals surface area contributed by atoms with Crippen LogP contribution in [0.5, 0.6) is 11.5 Å². The van der Waals surface area contributed by atoms with E-state index in [1.807, 2.05) is 72.8 Å². The second-order valence-corrected chi connectivity index (χ2v) is 8.85. The van der Waals surface area contributed by atoms with Gasteiger partial charge in [-0.3, -0.25) is 14.6 Å². The number of carbonyl (C=O) groups excluding carboxylic acids is 2. The Morgan fingerprint density at radius 3 is 2.32 bits per heavy atom. The molecule has 3 aromatic carbocycles. The fourth-order valence-corrected chi connectivity index (χ4v) is 4.11. The molecule has 0 bridgehead atoms. The molecule has 0 radical (unpaired) electrons. The van der Waals surface area contributed by atoms with E-state index in [1.54, 1.807) is 37.6 Å². The SMILES string of the molecule is COc1ccc(CN(C(=O)COc2ccccc2Cl)[C@@H](C(=O)NCc2ccccn2)c2ccccc2)cc1. The van der Waals surface area contributed by atoms with Crippen molar-refractivity contribution in [2.24, 2.45) is 0 Å². The summed E-state index contributed by atoms with van der Waals surface area (Å²) in [6, 6.07) is 28.1. The molecular formula is C30H28ClN3O4. The Hall–Kier alpha value is -4.36. The number of methoxy groups -OCH3 is 1. The van der Waals surface area contributed by atoms with Gasteiger partial charge in [-0.25, -0.2) is 0 Å². The lowest BCUT2D eigenvalue weighted by atomic mass is 10.0. The van der Waals surface area contributed by atoms with E-state index in [2.05, 4.69) is 10.3 Å². The monoisotopic (exact) mass is 529 g/mol. The molecule has 0 saturated heterocycles. The lowest BCUT2D eigenvalue weighted by Gasteiger charge is -2.31. The summed E-state index contributed by atoms with van der Waals surface area (Å²) in [6.07, 6.45) is 1.67. The number of aromatic nitrogens is 1. The fraction of sp³-hybridized carbons (Fsp3) is 0.167. The number of hydrogen-bond acceptors (Lipinski definition) is 5. The van der Waals surface area contributed by atoms with Gasteiger partial charge in [0, 0.05) is 12.7 Å². The van der Waals surface area contributed by atoms with Crippen LogP contribution in [0.4, 0.5) is 0 Å². The molecule has 38 heavy (non-hydrogen) atoms. The highest BCUT2D eigenvalue weighted by Crippen LogP contribution is 2.27. The quantitative estimate of drug-likeness (QED) is 0.288. The normalized spacial score (nSPS) is 11.3. The van der Waals surface area contributed by atoms with E-state index in [0.717, 1.165) is 5.56 Å². The van der Waals surface area contributed by atoms with Crippen LogP contribution < -0.4 is 14.8 Å². The van der Waals surface area contributed by atoms with Gasteiger partial charge in [0.1, 0.15) is 17.5 Å². The summed E-state index contributed by atoms with van der Waals surface area (Å²) in [6.45, 7) is 0.103. The Balaban J connectivity index is 1.64. The molecule has 7 nitrogen and oxygen atoms in total. The minimum absolute atomic E-state index is 0.172. The smallest absolute Gasteiger partial charge is 0.261 e. The first-order chi connectivity index (χ1) is 18.5. The third kappa shape index (κ3) is 7.11. The highest BCUT2D eigenvalue weighted by molar-refractivity contribution is 6.32. The zero-order chi connectivity index (χ0) is 26.7. The van der Waals surface area contributed by atoms with E-state index in [4.69, 9.17) is 21.1 Å². The second-order valence-electron chi connectivity index (χ2n) is 8.44. The second kappa shape index (κ2) is 13.3. The number of nitrogens with zero attached hydrogens (tertiary/aromatic N) is 2. The minimum Gasteiger partial charge on any atom is -0.497 e. The third-order valence-corrected chi connectivity index (χ3v) is 6.18. The van der Waals surface area contributed by atoms with Crippen LogP contribution in [-0.2, 0) is 22.7 Å². The predicted octanol–water partition coefficient (Wildman–Crippen LogP) is 5.21. The molecule has 1 N–H and O–H groups in total. The Bertz CT molecular complexity index is 1330. The summed E-state index contributed by atoms with van der Waals surface area (Å²) in [5, 5.41) is 3.34. The lowest BCUT2D eigenvalue weighted by molar-refractivity contribution is -0.143. The van der Waals surface area contributed by atoms with Gasteiger partial charge in [-0.1, -0.05) is 72.3 Å². The van der Waals surface area contributed by atoms with Gasteiger partial charge in [-0.15, -0.1) is 0 Å². The highest BCUT2D eigenvalue weighted by atomic mass is 35.5. The molecule has 1 aromatic heterocycles. The molecule has 2 amide bonds. The molecule has 0 aliphatic heterocycles. The van der Waals surface area contributed by atoms with Crippen LogP contribution in [-0.4, -0.2) is 35.4 Å². The summed E-state index contributed by atoms with van der Waals surface area (Å²) in [5.41, 5.74) is 2.21. The summed E-state index contributed by atoms with van der Waals surface area (Å²) in [5.74, 6) is 0.383. The summed E-state index contributed by atoms with van der Waals surface area (Å²) in [7, 11) is 1.59. The highest BCUT2D eigenvalue weighted by Gasteiger charge is 2.32. The standard InChI is InChI=1S/C30H28ClN3O4/c1-37-25-16-14-22(15-17-25)20-34(28(35)21-38-27-13-6-5-12-26(27)31)29(23-9-3-2-4-10-23)30(36)33-19-24-11-7-8-18-32-24/h2-18,29H,19-21H2,1H3,(H,33,36)/t29-/m1/s1. The minimum atomic E-state index is -0.913. The van der Waals surface area contributed by atoms with Crippen LogP contribution >= 0.6 is 11.6 Å². The first kappa shape index (κ1) is 26.7. The van der Waals surface area contributed by atoms with Crippen LogP contribution in [0.25, 0.3) is 0 Å². The number of nitrogens with one attached hydrogen (secondary N) is 1. The molecule has 0 fully saturated rings. The van der Waals surface area contributed by atoms with Gasteiger partial charge >= 0.3 is 0 Å². The Morgan fingerprint density at radius 2 is 1.63 bits per heavy atom. The maximum absolute atomic E-state index is 13.7. The van der Waals surface area contributed by atoms with Gasteiger partial charge in [-0.2, -0.15) is 0 Å². The van der Waals surface area contributed by atoms with E-state index in [0.29, 0.717) is 27.8 Å². The summed E-state index contributed by atoms with van der Waals surface area (Å²) in [4.78, 5) is 33.2. The van der Waals surface area contributed by atoms with Crippen molar-refractivity contribution in [2.75, 3.05) is 13.7 Å². The zero-order valence-electron chi connectivity index (χ0n) is 20.9. The maximum atomic E-state index is 13.7. The Labute approximate surface area is 227 Å². The molecule has 0 unspecified atom stereocenters. The van der Waals surface area contributed by atoms with E-state index in [-0.39, 0.29) is 31.5 Å². The van der Waals surface area contributed by atoms with Crippen LogP contribution in [0.1, 0.15) is 22.9 Å². The van der Waals surface area contributed by atoms with E-state index < -0.39 is 6.04 Å². The van der Waals surface area contributed by atoms with Crippen molar-refractivity contribution in [3.05, 3.63) is 125 Å². The van der Waals surface area contributed by atoms with Crippen LogP contribution in [0, 0.1) is 0 Å². The van der Waals surface area contributed by atoms with Gasteiger partial charge in [0.05, 0.1) is 24.4 Å². The van der Waals surface area contributed by atoms with Crippen LogP contribution in [0.15, 0.2) is 103 Å². The average molecular weight is 530 g/mol. The number of ether oxygens (including phenoxy) is 2. The van der Waals surface area contributed by atoms with Gasteiger partial charge in [0.2, 0.25) is 5.91 Å². The number of halogens is 1. The van der Waals surface area contributed by atoms with Crippen molar-refractivity contribution in [1.29, 1.82) is 0 Å². The van der Waals surface area contributed by atoms with Gasteiger partial charge in [0.25, 0.3) is 5.91 Å². The number of rotatable bonds is 11. The number of para-hydroxylation sites is 1. The van der Waals surface area contributed by atoms with Crippen molar-refractivity contribution in [3.8, 4) is 11.5 Å². The van der Waals surface area contributed by atoms with Crippen LogP contribution in [0.3, 0.4) is 0 Å². The zero-order valence-corrected chi connectivity index (χ0v) is 21.7. The van der Waals surface area contributed by atoms with E-state index in [9.17, 15) is 9.59 Å². The average Bonchev–Trinajstić information content (AvgIpc) is 2.96. The predicted molar refractivity (Wildman–Crippen MR) is 146 cm³/mol. The number of pyridine rings is 1. The molecule has 1 atom stereocenters. The first-order valence-electron chi connectivity index (χ1n) is 12.1. The topological polar surface area (TPSA) is 80.8 Å².